The average molecular weight is 1000 g/mol. The predicted octanol–water partition coefficient (Wildman–Crippen LogP) is 15.0. The third-order valence-electron chi connectivity index (χ3n) is 12.8. The van der Waals surface area contributed by atoms with E-state index in [0.717, 1.165) is 45.0 Å². The SMILES string of the molecule is Cc1ccc(N(c2ccccc2)c2ccc(N(c3cc(-c4nnc(-c5ccccc5)o4)cc(-c4nnc(-c5ccccc5)o4)c3)c3cc(-c4nnc(-c5ccccc5)o4)cc(-[n+]4coc(-c5ccccc5)n4)c3)cc2)cc1. The smallest absolute Gasteiger partial charge is 0.368 e. The summed E-state index contributed by atoms with van der Waals surface area (Å²) in [6.07, 6.45) is 1.58. The molecule has 9 aromatic carbocycles. The molecule has 0 saturated heterocycles. The van der Waals surface area contributed by atoms with E-state index in [2.05, 4.69) is 108 Å². The van der Waals surface area contributed by atoms with Gasteiger partial charge in [-0.1, -0.05) is 109 Å². The molecule has 0 aliphatic carbocycles. The van der Waals surface area contributed by atoms with E-state index in [4.69, 9.17) is 22.8 Å². The van der Waals surface area contributed by atoms with Gasteiger partial charge in [0, 0.05) is 84.6 Å². The number of aromatic nitrogens is 8. The maximum absolute atomic E-state index is 6.48. The Morgan fingerprint density at radius 3 is 1.05 bits per heavy atom. The highest BCUT2D eigenvalue weighted by molar-refractivity contribution is 5.86. The summed E-state index contributed by atoms with van der Waals surface area (Å²) in [5.74, 6) is 2.40. The van der Waals surface area contributed by atoms with Gasteiger partial charge in [-0.05, 0) is 133 Å². The van der Waals surface area contributed by atoms with Gasteiger partial charge in [0.25, 0.3) is 5.89 Å². The Labute approximate surface area is 441 Å². The number of benzene rings is 9. The Hall–Kier alpha value is -10.9. The monoisotopic (exact) mass is 1000 g/mol. The molecule has 0 fully saturated rings. The minimum Gasteiger partial charge on any atom is -0.416 e. The Balaban J connectivity index is 1.03. The highest BCUT2D eigenvalue weighted by Crippen LogP contribution is 2.44. The van der Waals surface area contributed by atoms with Gasteiger partial charge in [0.05, 0.1) is 5.69 Å². The number of aryl methyl sites for hydroxylation is 1. The molecule has 0 bridgehead atoms. The van der Waals surface area contributed by atoms with E-state index in [-0.39, 0.29) is 11.8 Å². The molecule has 0 saturated carbocycles. The molecule has 0 radical (unpaired) electrons. The third-order valence-corrected chi connectivity index (χ3v) is 12.8. The fourth-order valence-electron chi connectivity index (χ4n) is 9.07. The molecule has 0 spiro atoms. The van der Waals surface area contributed by atoms with Gasteiger partial charge in [-0.2, -0.15) is 0 Å². The van der Waals surface area contributed by atoms with Crippen LogP contribution in [-0.4, -0.2) is 35.7 Å². The minimum absolute atomic E-state index is 0.280. The van der Waals surface area contributed by atoms with Crippen LogP contribution in [0.25, 0.3) is 85.9 Å². The lowest BCUT2D eigenvalue weighted by Crippen LogP contribution is -2.32. The molecule has 0 N–H and O–H groups in total. The summed E-state index contributed by atoms with van der Waals surface area (Å²) in [5.41, 5.74) is 11.9. The van der Waals surface area contributed by atoms with Gasteiger partial charge in [0.1, 0.15) is 0 Å². The van der Waals surface area contributed by atoms with Crippen LogP contribution in [0.4, 0.5) is 34.1 Å². The standard InChI is InChI=1S/C63H43N10O4/c1-42-27-29-51(30-28-42)72(50-25-15-6-16-26-50)52-31-33-53(34-32-52)73(55-37-47(60-67-64-57(75-60)43-17-7-2-8-18-43)35-48(38-55)61-68-65-58(76-61)44-19-9-3-10-20-44)56-39-49(62-69-66-59(77-62)45-21-11-4-12-22-45)36-54(40-56)71-41-74-63(70-71)46-23-13-5-14-24-46/h2-41H,1H3/q+1. The Kier molecular flexibility index (Phi) is 12.1. The first-order chi connectivity index (χ1) is 38.0. The van der Waals surface area contributed by atoms with Crippen molar-refractivity contribution in [3.05, 3.63) is 249 Å². The van der Waals surface area contributed by atoms with E-state index in [1.165, 1.54) is 5.56 Å². The van der Waals surface area contributed by atoms with Crippen molar-refractivity contribution < 1.29 is 22.4 Å². The topological polar surface area (TPSA) is 153 Å². The summed E-state index contributed by atoms with van der Waals surface area (Å²) in [5, 5.41) is 32.2. The summed E-state index contributed by atoms with van der Waals surface area (Å²) >= 11 is 0. The van der Waals surface area contributed by atoms with Crippen LogP contribution in [0.5, 0.6) is 0 Å². The second kappa shape index (κ2) is 20.2. The van der Waals surface area contributed by atoms with Crippen molar-refractivity contribution in [1.82, 2.24) is 35.7 Å². The molecule has 4 heterocycles. The van der Waals surface area contributed by atoms with Crippen LogP contribution in [0.2, 0.25) is 0 Å². The fourth-order valence-corrected chi connectivity index (χ4v) is 9.07. The molecule has 77 heavy (non-hydrogen) atoms. The molecule has 0 unspecified atom stereocenters. The summed E-state index contributed by atoms with van der Waals surface area (Å²) in [6, 6.07) is 77.9. The molecule has 14 nitrogen and oxygen atoms in total. The van der Waals surface area contributed by atoms with Crippen molar-refractivity contribution in [2.45, 2.75) is 6.92 Å². The number of hydrogen-bond donors (Lipinski definition) is 0. The molecular formula is C63H43N10O4+. The molecular weight excluding hydrogens is 961 g/mol. The van der Waals surface area contributed by atoms with Crippen LogP contribution < -0.4 is 14.5 Å². The highest BCUT2D eigenvalue weighted by Gasteiger charge is 2.26. The van der Waals surface area contributed by atoms with E-state index in [0.29, 0.717) is 63.2 Å². The summed E-state index contributed by atoms with van der Waals surface area (Å²) in [7, 11) is 0. The van der Waals surface area contributed by atoms with E-state index in [1.807, 2.05) is 176 Å². The lowest BCUT2D eigenvalue weighted by molar-refractivity contribution is -0.659. The molecule has 0 aliphatic heterocycles. The third kappa shape index (κ3) is 9.52. The first-order valence-electron chi connectivity index (χ1n) is 24.8. The van der Waals surface area contributed by atoms with Gasteiger partial charge in [-0.3, -0.25) is 0 Å². The Morgan fingerprint density at radius 1 is 0.299 bits per heavy atom. The van der Waals surface area contributed by atoms with Crippen molar-refractivity contribution in [3.63, 3.8) is 0 Å². The molecule has 368 valence electrons. The molecule has 13 rings (SSSR count). The van der Waals surface area contributed by atoms with Gasteiger partial charge < -0.3 is 27.5 Å². The molecule has 0 atom stereocenters. The second-order valence-electron chi connectivity index (χ2n) is 18.0. The van der Waals surface area contributed by atoms with Gasteiger partial charge in [-0.25, -0.2) is 0 Å². The number of hydrogen-bond acceptors (Lipinski definition) is 13. The first kappa shape index (κ1) is 46.0. The Morgan fingerprint density at radius 2 is 0.623 bits per heavy atom. The van der Waals surface area contributed by atoms with Crippen LogP contribution in [0, 0.1) is 6.92 Å². The van der Waals surface area contributed by atoms with E-state index >= 15 is 0 Å². The minimum atomic E-state index is 0.280. The van der Waals surface area contributed by atoms with Crippen molar-refractivity contribution in [3.8, 4) is 85.9 Å². The summed E-state index contributed by atoms with van der Waals surface area (Å²) in [6.45, 7) is 2.09. The van der Waals surface area contributed by atoms with Crippen LogP contribution in [0.15, 0.2) is 261 Å². The van der Waals surface area contributed by atoms with Gasteiger partial charge in [-0.15, -0.1) is 30.6 Å². The molecule has 4 aromatic heterocycles. The zero-order valence-electron chi connectivity index (χ0n) is 41.2. The van der Waals surface area contributed by atoms with Gasteiger partial charge >= 0.3 is 6.39 Å². The van der Waals surface area contributed by atoms with Crippen LogP contribution in [0.1, 0.15) is 5.56 Å². The van der Waals surface area contributed by atoms with Crippen molar-refractivity contribution >= 4 is 34.1 Å². The zero-order chi connectivity index (χ0) is 51.5. The van der Waals surface area contributed by atoms with Gasteiger partial charge in [0.2, 0.25) is 41.0 Å². The van der Waals surface area contributed by atoms with Gasteiger partial charge in [0.15, 0.2) is 0 Å². The lowest BCUT2D eigenvalue weighted by atomic mass is 10.1. The first-order valence-corrected chi connectivity index (χ1v) is 24.8. The fraction of sp³-hybridized carbons (Fsp3) is 0.0159. The Bertz CT molecular complexity index is 3720. The van der Waals surface area contributed by atoms with E-state index in [9.17, 15) is 0 Å². The van der Waals surface area contributed by atoms with Crippen LogP contribution in [0.3, 0.4) is 0 Å². The maximum atomic E-state index is 6.48. The van der Waals surface area contributed by atoms with Crippen molar-refractivity contribution in [2.75, 3.05) is 9.80 Å². The molecule has 0 amide bonds. The molecule has 0 aliphatic rings. The predicted molar refractivity (Wildman–Crippen MR) is 294 cm³/mol. The summed E-state index contributed by atoms with van der Waals surface area (Å²) < 4.78 is 27.2. The normalized spacial score (nSPS) is 11.2. The number of para-hydroxylation sites is 1. The van der Waals surface area contributed by atoms with Crippen LogP contribution >= 0.6 is 0 Å². The summed E-state index contributed by atoms with van der Waals surface area (Å²) in [4.78, 5) is 4.36. The van der Waals surface area contributed by atoms with E-state index < -0.39 is 0 Å². The van der Waals surface area contributed by atoms with Crippen molar-refractivity contribution in [1.29, 1.82) is 0 Å². The van der Waals surface area contributed by atoms with Crippen molar-refractivity contribution in [2.24, 2.45) is 0 Å². The molecule has 13 aromatic rings. The van der Waals surface area contributed by atoms with Crippen LogP contribution in [-0.2, 0) is 0 Å². The lowest BCUT2D eigenvalue weighted by Gasteiger charge is -2.29. The average Bonchev–Trinajstić information content (AvgIpc) is 4.37. The number of rotatable bonds is 14. The highest BCUT2D eigenvalue weighted by atomic mass is 16.4. The van der Waals surface area contributed by atoms with E-state index in [1.54, 1.807) is 11.1 Å². The quantitative estimate of drug-likeness (QED) is 0.0950. The number of anilines is 6. The molecule has 14 heteroatoms. The zero-order valence-corrected chi connectivity index (χ0v) is 41.2. The second-order valence-corrected chi connectivity index (χ2v) is 18.0. The maximum Gasteiger partial charge on any atom is 0.368 e. The number of nitrogens with zero attached hydrogens (tertiary/aromatic N) is 10. The largest absolute Gasteiger partial charge is 0.416 e.